The van der Waals surface area contributed by atoms with Crippen LogP contribution in [0.4, 0.5) is 0 Å². The number of carbonyl (C=O) groups excluding carboxylic acids is 1. The Labute approximate surface area is 127 Å². The lowest BCUT2D eigenvalue weighted by molar-refractivity contribution is 0.0993. The number of carbonyl (C=O) groups is 1. The molecule has 0 fully saturated rings. The Morgan fingerprint density at radius 3 is 2.82 bits per heavy atom. The van der Waals surface area contributed by atoms with Gasteiger partial charge in [0.25, 0.3) is 5.91 Å². The van der Waals surface area contributed by atoms with E-state index in [4.69, 9.17) is 10.5 Å². The lowest BCUT2D eigenvalue weighted by atomic mass is 10.2. The molecule has 6 heteroatoms. The Morgan fingerprint density at radius 1 is 1.32 bits per heavy atom. The minimum Gasteiger partial charge on any atom is -0.489 e. The molecule has 1 aromatic carbocycles. The van der Waals surface area contributed by atoms with Gasteiger partial charge in [-0.15, -0.1) is 0 Å². The van der Waals surface area contributed by atoms with Gasteiger partial charge in [-0.25, -0.2) is 0 Å². The van der Waals surface area contributed by atoms with Gasteiger partial charge in [0.2, 0.25) is 0 Å². The van der Waals surface area contributed by atoms with Crippen molar-refractivity contribution in [3.8, 4) is 5.75 Å². The van der Waals surface area contributed by atoms with Gasteiger partial charge in [-0.2, -0.15) is 5.10 Å². The van der Waals surface area contributed by atoms with Gasteiger partial charge >= 0.3 is 0 Å². The smallest absolute Gasteiger partial charge is 0.267 e. The summed E-state index contributed by atoms with van der Waals surface area (Å²) in [5.41, 5.74) is 8.43. The molecule has 0 aliphatic carbocycles. The van der Waals surface area contributed by atoms with Crippen LogP contribution in [0.3, 0.4) is 0 Å². The SMILES string of the molecule is Cc1ccc(COc2ccc3nn(C)c(C(N)=O)c3c2)cn1. The highest BCUT2D eigenvalue weighted by atomic mass is 16.5. The molecule has 22 heavy (non-hydrogen) atoms. The molecule has 0 atom stereocenters. The van der Waals surface area contributed by atoms with E-state index in [0.717, 1.165) is 11.3 Å². The van der Waals surface area contributed by atoms with Crippen molar-refractivity contribution in [3.05, 3.63) is 53.5 Å². The van der Waals surface area contributed by atoms with E-state index in [1.165, 1.54) is 4.68 Å². The van der Waals surface area contributed by atoms with Gasteiger partial charge in [0.15, 0.2) is 0 Å². The number of ether oxygens (including phenoxy) is 1. The minimum atomic E-state index is -0.509. The molecule has 3 rings (SSSR count). The summed E-state index contributed by atoms with van der Waals surface area (Å²) in [6.07, 6.45) is 1.78. The van der Waals surface area contributed by atoms with Crippen molar-refractivity contribution < 1.29 is 9.53 Å². The van der Waals surface area contributed by atoms with Crippen LogP contribution < -0.4 is 10.5 Å². The molecule has 0 radical (unpaired) electrons. The van der Waals surface area contributed by atoms with Crippen molar-refractivity contribution in [2.75, 3.05) is 0 Å². The average molecular weight is 296 g/mol. The monoisotopic (exact) mass is 296 g/mol. The highest BCUT2D eigenvalue weighted by molar-refractivity contribution is 6.04. The lowest BCUT2D eigenvalue weighted by Gasteiger charge is -2.06. The fourth-order valence-electron chi connectivity index (χ4n) is 2.31. The largest absolute Gasteiger partial charge is 0.489 e. The van der Waals surface area contributed by atoms with Gasteiger partial charge in [-0.05, 0) is 31.2 Å². The van der Waals surface area contributed by atoms with E-state index >= 15 is 0 Å². The van der Waals surface area contributed by atoms with Crippen LogP contribution in [-0.4, -0.2) is 20.7 Å². The highest BCUT2D eigenvalue weighted by Gasteiger charge is 2.14. The summed E-state index contributed by atoms with van der Waals surface area (Å²) in [5, 5.41) is 4.94. The number of primary amides is 1. The number of nitrogens with zero attached hydrogens (tertiary/aromatic N) is 3. The zero-order valence-electron chi connectivity index (χ0n) is 12.4. The molecule has 0 aliphatic rings. The lowest BCUT2D eigenvalue weighted by Crippen LogP contribution is -2.15. The van der Waals surface area contributed by atoms with Crippen molar-refractivity contribution >= 4 is 16.8 Å². The third-order valence-electron chi connectivity index (χ3n) is 3.42. The van der Waals surface area contributed by atoms with Crippen LogP contribution in [0.5, 0.6) is 5.75 Å². The van der Waals surface area contributed by atoms with Crippen molar-refractivity contribution in [2.45, 2.75) is 13.5 Å². The van der Waals surface area contributed by atoms with E-state index < -0.39 is 5.91 Å². The molecule has 3 aromatic rings. The van der Waals surface area contributed by atoms with Crippen molar-refractivity contribution in [1.82, 2.24) is 14.8 Å². The number of aromatic nitrogens is 3. The number of benzene rings is 1. The third kappa shape index (κ3) is 2.63. The first-order chi connectivity index (χ1) is 10.5. The number of hydrogen-bond donors (Lipinski definition) is 1. The molecule has 2 aromatic heterocycles. The molecule has 0 saturated carbocycles. The fourth-order valence-corrected chi connectivity index (χ4v) is 2.31. The number of fused-ring (bicyclic) bond motifs is 1. The summed E-state index contributed by atoms with van der Waals surface area (Å²) in [6.45, 7) is 2.34. The van der Waals surface area contributed by atoms with E-state index in [-0.39, 0.29) is 0 Å². The summed E-state index contributed by atoms with van der Waals surface area (Å²) in [4.78, 5) is 15.8. The Hall–Kier alpha value is -2.89. The van der Waals surface area contributed by atoms with Crippen LogP contribution in [0.1, 0.15) is 21.7 Å². The Bertz CT molecular complexity index is 837. The molecule has 0 saturated heterocycles. The maximum absolute atomic E-state index is 11.5. The second-order valence-corrected chi connectivity index (χ2v) is 5.11. The molecular weight excluding hydrogens is 280 g/mol. The minimum absolute atomic E-state index is 0.373. The fraction of sp³-hybridized carbons (Fsp3) is 0.188. The van der Waals surface area contributed by atoms with E-state index in [0.29, 0.717) is 29.0 Å². The summed E-state index contributed by atoms with van der Waals surface area (Å²) >= 11 is 0. The molecule has 1 amide bonds. The standard InChI is InChI=1S/C16H16N4O2/c1-10-3-4-11(8-18-10)9-22-12-5-6-14-13(7-12)15(16(17)21)20(2)19-14/h3-8H,9H2,1-2H3,(H2,17,21). The maximum atomic E-state index is 11.5. The number of rotatable bonds is 4. The number of hydrogen-bond acceptors (Lipinski definition) is 4. The molecule has 112 valence electrons. The Morgan fingerprint density at radius 2 is 2.14 bits per heavy atom. The molecule has 0 aliphatic heterocycles. The van der Waals surface area contributed by atoms with E-state index in [2.05, 4.69) is 10.1 Å². The van der Waals surface area contributed by atoms with Crippen LogP contribution in [-0.2, 0) is 13.7 Å². The Kier molecular flexibility index (Phi) is 3.50. The topological polar surface area (TPSA) is 83.0 Å². The van der Waals surface area contributed by atoms with E-state index in [1.807, 2.05) is 31.2 Å². The molecular formula is C16H16N4O2. The second kappa shape index (κ2) is 5.48. The van der Waals surface area contributed by atoms with Gasteiger partial charge in [-0.3, -0.25) is 14.5 Å². The highest BCUT2D eigenvalue weighted by Crippen LogP contribution is 2.24. The van der Waals surface area contributed by atoms with Gasteiger partial charge in [-0.1, -0.05) is 6.07 Å². The van der Waals surface area contributed by atoms with Crippen LogP contribution in [0.15, 0.2) is 36.5 Å². The van der Waals surface area contributed by atoms with Crippen LogP contribution >= 0.6 is 0 Å². The second-order valence-electron chi connectivity index (χ2n) is 5.11. The quantitative estimate of drug-likeness (QED) is 0.797. The van der Waals surface area contributed by atoms with E-state index in [1.54, 1.807) is 19.3 Å². The Balaban J connectivity index is 1.86. The van der Waals surface area contributed by atoms with Gasteiger partial charge < -0.3 is 10.5 Å². The summed E-state index contributed by atoms with van der Waals surface area (Å²) in [7, 11) is 1.69. The van der Waals surface area contributed by atoms with Crippen LogP contribution in [0.2, 0.25) is 0 Å². The van der Waals surface area contributed by atoms with Gasteiger partial charge in [0, 0.05) is 29.9 Å². The van der Waals surface area contributed by atoms with Crippen LogP contribution in [0, 0.1) is 6.92 Å². The van der Waals surface area contributed by atoms with Gasteiger partial charge in [0.1, 0.15) is 18.1 Å². The number of aryl methyl sites for hydroxylation is 2. The molecule has 0 spiro atoms. The summed E-state index contributed by atoms with van der Waals surface area (Å²) < 4.78 is 7.24. The maximum Gasteiger partial charge on any atom is 0.267 e. The molecule has 2 N–H and O–H groups in total. The van der Waals surface area contributed by atoms with Crippen molar-refractivity contribution in [2.24, 2.45) is 12.8 Å². The zero-order chi connectivity index (χ0) is 15.7. The predicted molar refractivity (Wildman–Crippen MR) is 82.5 cm³/mol. The van der Waals surface area contributed by atoms with Crippen molar-refractivity contribution in [1.29, 1.82) is 0 Å². The normalized spacial score (nSPS) is 10.8. The number of amides is 1. The summed E-state index contributed by atoms with van der Waals surface area (Å²) in [6, 6.07) is 9.32. The molecule has 2 heterocycles. The summed E-state index contributed by atoms with van der Waals surface area (Å²) in [5.74, 6) is 0.147. The molecule has 6 nitrogen and oxygen atoms in total. The first kappa shape index (κ1) is 14.1. The van der Waals surface area contributed by atoms with Crippen molar-refractivity contribution in [3.63, 3.8) is 0 Å². The number of pyridine rings is 1. The third-order valence-corrected chi connectivity index (χ3v) is 3.42. The molecule has 0 bridgehead atoms. The average Bonchev–Trinajstić information content (AvgIpc) is 2.82. The number of nitrogens with two attached hydrogens (primary N) is 1. The first-order valence-corrected chi connectivity index (χ1v) is 6.85. The van der Waals surface area contributed by atoms with E-state index in [9.17, 15) is 4.79 Å². The molecule has 0 unspecified atom stereocenters. The van der Waals surface area contributed by atoms with Gasteiger partial charge in [0.05, 0.1) is 5.52 Å². The predicted octanol–water partition coefficient (Wildman–Crippen LogP) is 1.95. The van der Waals surface area contributed by atoms with Crippen LogP contribution in [0.25, 0.3) is 10.9 Å². The first-order valence-electron chi connectivity index (χ1n) is 6.85. The zero-order valence-corrected chi connectivity index (χ0v) is 12.4.